The third-order valence-corrected chi connectivity index (χ3v) is 4.75. The van der Waals surface area contributed by atoms with Crippen LogP contribution in [0.15, 0.2) is 73.1 Å². The molecule has 2 aromatic heterocycles. The van der Waals surface area contributed by atoms with Gasteiger partial charge in [0, 0.05) is 28.4 Å². The van der Waals surface area contributed by atoms with Gasteiger partial charge in [0.1, 0.15) is 17.1 Å². The Bertz CT molecular complexity index is 1100. The van der Waals surface area contributed by atoms with Crippen molar-refractivity contribution in [3.8, 4) is 5.75 Å². The van der Waals surface area contributed by atoms with E-state index in [9.17, 15) is 5.11 Å². The molecule has 0 spiro atoms. The largest absolute Gasteiger partial charge is 0.505 e. The molecule has 0 saturated carbocycles. The number of phenolic OH excluding ortho intramolecular Hbond substituents is 1. The Labute approximate surface area is 162 Å². The summed E-state index contributed by atoms with van der Waals surface area (Å²) >= 11 is 6.06. The monoisotopic (exact) mass is 375 g/mol. The lowest BCUT2D eigenvalue weighted by atomic mass is 9.96. The number of fused-ring (bicyclic) bond motifs is 1. The summed E-state index contributed by atoms with van der Waals surface area (Å²) in [5, 5.41) is 15.9. The van der Waals surface area contributed by atoms with Gasteiger partial charge in [-0.2, -0.15) is 0 Å². The number of pyridine rings is 2. The number of hydrogen-bond acceptors (Lipinski definition) is 4. The van der Waals surface area contributed by atoms with Gasteiger partial charge in [0.05, 0.1) is 6.04 Å². The molecule has 0 unspecified atom stereocenters. The van der Waals surface area contributed by atoms with Crippen LogP contribution < -0.4 is 5.32 Å². The van der Waals surface area contributed by atoms with Crippen LogP contribution in [0.3, 0.4) is 0 Å². The molecule has 4 aromatic rings. The van der Waals surface area contributed by atoms with E-state index in [1.165, 1.54) is 0 Å². The summed E-state index contributed by atoms with van der Waals surface area (Å²) in [6.07, 6.45) is 3.44. The van der Waals surface area contributed by atoms with Crippen molar-refractivity contribution in [2.45, 2.75) is 13.0 Å². The number of benzene rings is 2. The van der Waals surface area contributed by atoms with Gasteiger partial charge < -0.3 is 10.4 Å². The number of phenols is 1. The molecule has 0 fully saturated rings. The summed E-state index contributed by atoms with van der Waals surface area (Å²) in [6, 6.07) is 18.8. The third kappa shape index (κ3) is 3.57. The summed E-state index contributed by atoms with van der Waals surface area (Å²) in [4.78, 5) is 8.74. The Morgan fingerprint density at radius 2 is 1.78 bits per heavy atom. The van der Waals surface area contributed by atoms with Crippen LogP contribution in [0.5, 0.6) is 5.75 Å². The van der Waals surface area contributed by atoms with Crippen LogP contribution in [0.2, 0.25) is 5.02 Å². The van der Waals surface area contributed by atoms with Gasteiger partial charge in [0.15, 0.2) is 0 Å². The first-order valence-electron chi connectivity index (χ1n) is 8.63. The molecule has 0 aliphatic heterocycles. The van der Waals surface area contributed by atoms with Gasteiger partial charge in [0.25, 0.3) is 0 Å². The molecule has 0 bridgehead atoms. The summed E-state index contributed by atoms with van der Waals surface area (Å²) in [5.74, 6) is 0.892. The highest BCUT2D eigenvalue weighted by Crippen LogP contribution is 2.36. The number of hydrogen-bond donors (Lipinski definition) is 2. The van der Waals surface area contributed by atoms with Crippen molar-refractivity contribution in [1.82, 2.24) is 9.97 Å². The lowest BCUT2D eigenvalue weighted by Gasteiger charge is -2.22. The highest BCUT2D eigenvalue weighted by atomic mass is 35.5. The maximum absolute atomic E-state index is 10.9. The average molecular weight is 376 g/mol. The predicted octanol–water partition coefficient (Wildman–Crippen LogP) is 5.50. The second kappa shape index (κ2) is 7.25. The van der Waals surface area contributed by atoms with Gasteiger partial charge in [-0.1, -0.05) is 41.9 Å². The second-order valence-electron chi connectivity index (χ2n) is 6.43. The minimum atomic E-state index is -0.303. The van der Waals surface area contributed by atoms with E-state index >= 15 is 0 Å². The number of nitrogens with zero attached hydrogens (tertiary/aromatic N) is 2. The third-order valence-electron chi connectivity index (χ3n) is 4.50. The normalized spacial score (nSPS) is 12.1. The van der Waals surface area contributed by atoms with Gasteiger partial charge >= 0.3 is 0 Å². The van der Waals surface area contributed by atoms with Crippen LogP contribution in [0.4, 0.5) is 5.82 Å². The molecule has 0 aliphatic carbocycles. The molecule has 0 radical (unpaired) electrons. The Balaban J connectivity index is 1.84. The Morgan fingerprint density at radius 1 is 0.963 bits per heavy atom. The molecule has 134 valence electrons. The fourth-order valence-corrected chi connectivity index (χ4v) is 3.26. The first-order chi connectivity index (χ1) is 13.1. The molecular formula is C22H18ClN3O. The van der Waals surface area contributed by atoms with Crippen molar-refractivity contribution in [1.29, 1.82) is 0 Å². The Morgan fingerprint density at radius 3 is 2.56 bits per heavy atom. The molecule has 1 atom stereocenters. The maximum Gasteiger partial charge on any atom is 0.147 e. The highest BCUT2D eigenvalue weighted by molar-refractivity contribution is 6.30. The molecule has 2 heterocycles. The number of nitrogens with one attached hydrogen (secondary N) is 1. The predicted molar refractivity (Wildman–Crippen MR) is 109 cm³/mol. The van der Waals surface area contributed by atoms with Crippen molar-refractivity contribution >= 4 is 28.3 Å². The molecule has 27 heavy (non-hydrogen) atoms. The van der Waals surface area contributed by atoms with Crippen LogP contribution >= 0.6 is 11.6 Å². The van der Waals surface area contributed by atoms with E-state index in [0.717, 1.165) is 27.9 Å². The number of aromatic hydroxyl groups is 1. The first-order valence-corrected chi connectivity index (χ1v) is 9.01. The zero-order chi connectivity index (χ0) is 18.8. The number of anilines is 1. The topological polar surface area (TPSA) is 58.0 Å². The van der Waals surface area contributed by atoms with Gasteiger partial charge in [-0.25, -0.2) is 4.98 Å². The van der Waals surface area contributed by atoms with Crippen LogP contribution in [0.25, 0.3) is 10.9 Å². The molecule has 0 aliphatic rings. The van der Waals surface area contributed by atoms with Crippen LogP contribution in [0.1, 0.15) is 22.7 Å². The molecular weight excluding hydrogens is 358 g/mol. The standard InChI is InChI=1S/C22H18ClN3O/c1-14-10-12-24-19(13-14)26-20(16-4-7-17(23)8-5-16)18-9-6-15-3-2-11-25-21(15)22(18)27/h2-13,20,27H,1H3,(H,24,26)/t20-/m1/s1. The van der Waals surface area contributed by atoms with E-state index < -0.39 is 0 Å². The van der Waals surface area contributed by atoms with Crippen molar-refractivity contribution in [2.75, 3.05) is 5.32 Å². The molecule has 2 N–H and O–H groups in total. The smallest absolute Gasteiger partial charge is 0.147 e. The van der Waals surface area contributed by atoms with Crippen LogP contribution in [0, 0.1) is 6.92 Å². The molecule has 0 saturated heterocycles. The number of halogens is 1. The fraction of sp³-hybridized carbons (Fsp3) is 0.0909. The Kier molecular flexibility index (Phi) is 4.65. The number of rotatable bonds is 4. The molecule has 4 nitrogen and oxygen atoms in total. The van der Waals surface area contributed by atoms with E-state index in [1.54, 1.807) is 12.4 Å². The SMILES string of the molecule is Cc1ccnc(N[C@H](c2ccc(Cl)cc2)c2ccc3cccnc3c2O)c1. The summed E-state index contributed by atoms with van der Waals surface area (Å²) in [7, 11) is 0. The second-order valence-corrected chi connectivity index (χ2v) is 6.86. The minimum Gasteiger partial charge on any atom is -0.505 e. The highest BCUT2D eigenvalue weighted by Gasteiger charge is 2.20. The van der Waals surface area contributed by atoms with E-state index in [1.807, 2.05) is 67.6 Å². The van der Waals surface area contributed by atoms with Crippen LogP contribution in [-0.4, -0.2) is 15.1 Å². The van der Waals surface area contributed by atoms with Crippen molar-refractivity contribution in [2.24, 2.45) is 0 Å². The average Bonchev–Trinajstić information content (AvgIpc) is 2.68. The minimum absolute atomic E-state index is 0.160. The van der Waals surface area contributed by atoms with Gasteiger partial charge in [-0.15, -0.1) is 0 Å². The van der Waals surface area contributed by atoms with Gasteiger partial charge in [0.2, 0.25) is 0 Å². The fourth-order valence-electron chi connectivity index (χ4n) is 3.14. The van der Waals surface area contributed by atoms with Crippen molar-refractivity contribution in [3.05, 3.63) is 94.8 Å². The molecule has 4 rings (SSSR count). The van der Waals surface area contributed by atoms with E-state index in [2.05, 4.69) is 15.3 Å². The van der Waals surface area contributed by atoms with Crippen molar-refractivity contribution < 1.29 is 5.11 Å². The molecule has 0 amide bonds. The first kappa shape index (κ1) is 17.3. The van der Waals surface area contributed by atoms with Gasteiger partial charge in [-0.05, 0) is 48.4 Å². The van der Waals surface area contributed by atoms with E-state index in [0.29, 0.717) is 10.5 Å². The Hall–Kier alpha value is -3.11. The quantitative estimate of drug-likeness (QED) is 0.494. The zero-order valence-electron chi connectivity index (χ0n) is 14.7. The van der Waals surface area contributed by atoms with Gasteiger partial charge in [-0.3, -0.25) is 4.98 Å². The van der Waals surface area contributed by atoms with Crippen LogP contribution in [-0.2, 0) is 0 Å². The zero-order valence-corrected chi connectivity index (χ0v) is 15.5. The maximum atomic E-state index is 10.9. The number of aromatic nitrogens is 2. The summed E-state index contributed by atoms with van der Waals surface area (Å²) in [6.45, 7) is 2.02. The summed E-state index contributed by atoms with van der Waals surface area (Å²) < 4.78 is 0. The van der Waals surface area contributed by atoms with E-state index in [-0.39, 0.29) is 11.8 Å². The van der Waals surface area contributed by atoms with E-state index in [4.69, 9.17) is 11.6 Å². The van der Waals surface area contributed by atoms with Crippen molar-refractivity contribution in [3.63, 3.8) is 0 Å². The number of aryl methyl sites for hydroxylation is 1. The lowest BCUT2D eigenvalue weighted by molar-refractivity contribution is 0.471. The summed E-state index contributed by atoms with van der Waals surface area (Å²) in [5.41, 5.74) is 3.37. The molecule has 5 heteroatoms. The molecule has 2 aromatic carbocycles. The lowest BCUT2D eigenvalue weighted by Crippen LogP contribution is -2.13.